The van der Waals surface area contributed by atoms with Gasteiger partial charge < -0.3 is 0 Å². The van der Waals surface area contributed by atoms with Crippen LogP contribution in [0.25, 0.3) is 10.1 Å². The fraction of sp³-hybridized carbons (Fsp3) is 0.0625. The van der Waals surface area contributed by atoms with Crippen molar-refractivity contribution in [3.63, 3.8) is 0 Å². The molecule has 1 aromatic carbocycles. The molecule has 0 spiro atoms. The molecule has 24 heavy (non-hydrogen) atoms. The monoisotopic (exact) mass is 389 g/mol. The van der Waals surface area contributed by atoms with Gasteiger partial charge in [0.25, 0.3) is 5.91 Å². The summed E-state index contributed by atoms with van der Waals surface area (Å²) in [6, 6.07) is 14.0. The molecule has 0 radical (unpaired) electrons. The van der Waals surface area contributed by atoms with Crippen molar-refractivity contribution in [2.45, 2.75) is 10.1 Å². The van der Waals surface area contributed by atoms with Crippen LogP contribution in [-0.2, 0) is 5.75 Å². The zero-order chi connectivity index (χ0) is 16.4. The average molecular weight is 390 g/mol. The zero-order valence-electron chi connectivity index (χ0n) is 12.3. The number of nitrogens with one attached hydrogen (secondary N) is 1. The normalized spacial score (nSPS) is 11.0. The molecule has 3 heterocycles. The number of hydrogen-bond donors (Lipinski definition) is 1. The van der Waals surface area contributed by atoms with E-state index in [0.29, 0.717) is 10.0 Å². The first-order valence-electron chi connectivity index (χ1n) is 7.06. The van der Waals surface area contributed by atoms with Crippen LogP contribution in [0.2, 0.25) is 0 Å². The molecule has 0 aliphatic rings. The molecule has 4 nitrogen and oxygen atoms in total. The molecule has 3 aromatic heterocycles. The third-order valence-electron chi connectivity index (χ3n) is 3.19. The quantitative estimate of drug-likeness (QED) is 0.369. The number of carbonyl (C=O) groups is 1. The molecule has 0 saturated carbocycles. The van der Waals surface area contributed by atoms with Crippen LogP contribution >= 0.6 is 45.8 Å². The first-order chi connectivity index (χ1) is 11.8. The number of carbonyl (C=O) groups excluding carboxylic acids is 1. The number of amides is 1. The van der Waals surface area contributed by atoms with Gasteiger partial charge in [0.15, 0.2) is 4.34 Å². The van der Waals surface area contributed by atoms with Gasteiger partial charge in [0, 0.05) is 15.3 Å². The Bertz CT molecular complexity index is 941. The maximum absolute atomic E-state index is 12.4. The summed E-state index contributed by atoms with van der Waals surface area (Å²) in [5.74, 6) is 0.735. The molecule has 120 valence electrons. The standard InChI is InChI=1S/C16H11N3OS4/c20-14(13-8-10-4-1-2-6-12(10)23-13)17-15-18-19-16(24-15)22-9-11-5-3-7-21-11/h1-8H,9H2,(H,17,18,20). The van der Waals surface area contributed by atoms with Crippen molar-refractivity contribution in [1.29, 1.82) is 0 Å². The molecule has 0 unspecified atom stereocenters. The summed E-state index contributed by atoms with van der Waals surface area (Å²) < 4.78 is 1.96. The predicted molar refractivity (Wildman–Crippen MR) is 104 cm³/mol. The maximum atomic E-state index is 12.4. The molecule has 4 rings (SSSR count). The van der Waals surface area contributed by atoms with Gasteiger partial charge in [0.1, 0.15) is 0 Å². The number of thioether (sulfide) groups is 1. The van der Waals surface area contributed by atoms with Gasteiger partial charge in [-0.3, -0.25) is 10.1 Å². The van der Waals surface area contributed by atoms with Crippen LogP contribution in [0.4, 0.5) is 5.13 Å². The van der Waals surface area contributed by atoms with Gasteiger partial charge in [-0.2, -0.15) is 0 Å². The molecule has 0 bridgehead atoms. The highest BCUT2D eigenvalue weighted by atomic mass is 32.2. The zero-order valence-corrected chi connectivity index (χ0v) is 15.5. The highest BCUT2D eigenvalue weighted by molar-refractivity contribution is 8.00. The largest absolute Gasteiger partial charge is 0.296 e. The van der Waals surface area contributed by atoms with E-state index in [0.717, 1.165) is 20.2 Å². The van der Waals surface area contributed by atoms with E-state index in [2.05, 4.69) is 27.0 Å². The van der Waals surface area contributed by atoms with Crippen molar-refractivity contribution in [2.24, 2.45) is 0 Å². The van der Waals surface area contributed by atoms with E-state index < -0.39 is 0 Å². The van der Waals surface area contributed by atoms with Gasteiger partial charge in [-0.05, 0) is 29.0 Å². The minimum Gasteiger partial charge on any atom is -0.296 e. The van der Waals surface area contributed by atoms with Crippen LogP contribution in [0.3, 0.4) is 0 Å². The molecular formula is C16H11N3OS4. The molecule has 1 amide bonds. The van der Waals surface area contributed by atoms with Gasteiger partial charge in [-0.15, -0.1) is 32.9 Å². The Kier molecular flexibility index (Phi) is 4.61. The summed E-state index contributed by atoms with van der Waals surface area (Å²) in [6.45, 7) is 0. The Morgan fingerprint density at radius 1 is 1.12 bits per heavy atom. The molecule has 0 atom stereocenters. The van der Waals surface area contributed by atoms with Crippen molar-refractivity contribution < 1.29 is 4.79 Å². The lowest BCUT2D eigenvalue weighted by Gasteiger charge is -1.96. The summed E-state index contributed by atoms with van der Waals surface area (Å²) in [7, 11) is 0. The number of benzene rings is 1. The lowest BCUT2D eigenvalue weighted by Crippen LogP contribution is -2.09. The number of aromatic nitrogens is 2. The molecule has 0 aliphatic carbocycles. The molecule has 4 aromatic rings. The molecule has 0 fully saturated rings. The summed E-state index contributed by atoms with van der Waals surface area (Å²) in [5, 5.41) is 14.7. The van der Waals surface area contributed by atoms with Gasteiger partial charge >= 0.3 is 0 Å². The van der Waals surface area contributed by atoms with Gasteiger partial charge in [-0.1, -0.05) is 47.4 Å². The number of thiophene rings is 2. The smallest absolute Gasteiger partial charge is 0.267 e. The molecule has 1 N–H and O–H groups in total. The second-order valence-corrected chi connectivity index (χ2v) is 9.16. The van der Waals surface area contributed by atoms with Gasteiger partial charge in [0.05, 0.1) is 4.88 Å². The number of hydrogen-bond acceptors (Lipinski definition) is 7. The number of nitrogens with zero attached hydrogens (tertiary/aromatic N) is 2. The van der Waals surface area contributed by atoms with Crippen LogP contribution in [0.1, 0.15) is 14.5 Å². The number of fused-ring (bicyclic) bond motifs is 1. The van der Waals surface area contributed by atoms with E-state index in [1.165, 1.54) is 27.6 Å². The van der Waals surface area contributed by atoms with E-state index in [9.17, 15) is 4.79 Å². The van der Waals surface area contributed by atoms with Crippen LogP contribution in [0.5, 0.6) is 0 Å². The predicted octanol–water partition coefficient (Wildman–Crippen LogP) is 5.36. The highest BCUT2D eigenvalue weighted by Crippen LogP contribution is 2.30. The minimum atomic E-state index is -0.137. The van der Waals surface area contributed by atoms with Crippen LogP contribution in [0, 0.1) is 0 Å². The van der Waals surface area contributed by atoms with E-state index in [-0.39, 0.29) is 5.91 Å². The lowest BCUT2D eigenvalue weighted by atomic mass is 10.2. The maximum Gasteiger partial charge on any atom is 0.267 e. The number of anilines is 1. The van der Waals surface area contributed by atoms with Gasteiger partial charge in [0.2, 0.25) is 5.13 Å². The Hall–Kier alpha value is -1.74. The van der Waals surface area contributed by atoms with Crippen LogP contribution < -0.4 is 5.32 Å². The van der Waals surface area contributed by atoms with Crippen LogP contribution in [-0.4, -0.2) is 16.1 Å². The fourth-order valence-corrected chi connectivity index (χ4v) is 5.58. The van der Waals surface area contributed by atoms with E-state index in [1.54, 1.807) is 23.1 Å². The SMILES string of the molecule is O=C(Nc1nnc(SCc2cccs2)s1)c1cc2ccccc2s1. The second kappa shape index (κ2) is 7.02. The average Bonchev–Trinajstić information content (AvgIpc) is 3.33. The summed E-state index contributed by atoms with van der Waals surface area (Å²) in [5.41, 5.74) is 0. The Labute approximate surface area is 154 Å². The van der Waals surface area contributed by atoms with Crippen LogP contribution in [0.15, 0.2) is 52.2 Å². The van der Waals surface area contributed by atoms with Crippen molar-refractivity contribution in [1.82, 2.24) is 10.2 Å². The third-order valence-corrected chi connectivity index (χ3v) is 7.39. The van der Waals surface area contributed by atoms with E-state index in [4.69, 9.17) is 0 Å². The topological polar surface area (TPSA) is 54.9 Å². The lowest BCUT2D eigenvalue weighted by molar-refractivity contribution is 0.103. The van der Waals surface area contributed by atoms with Crippen molar-refractivity contribution in [3.8, 4) is 0 Å². The summed E-state index contributed by atoms with van der Waals surface area (Å²) in [4.78, 5) is 14.3. The minimum absolute atomic E-state index is 0.137. The number of rotatable bonds is 5. The van der Waals surface area contributed by atoms with Crippen molar-refractivity contribution >= 4 is 66.9 Å². The molecule has 8 heteroatoms. The first kappa shape index (κ1) is 15.8. The first-order valence-corrected chi connectivity index (χ1v) is 10.6. The molecule has 0 aliphatic heterocycles. The second-order valence-electron chi connectivity index (χ2n) is 4.84. The fourth-order valence-electron chi connectivity index (χ4n) is 2.10. The van der Waals surface area contributed by atoms with Crippen molar-refractivity contribution in [2.75, 3.05) is 5.32 Å². The third kappa shape index (κ3) is 3.51. The Morgan fingerprint density at radius 3 is 2.88 bits per heavy atom. The summed E-state index contributed by atoms with van der Waals surface area (Å²) in [6.07, 6.45) is 0. The molecular weight excluding hydrogens is 378 g/mol. The van der Waals surface area contributed by atoms with E-state index >= 15 is 0 Å². The Balaban J connectivity index is 1.42. The Morgan fingerprint density at radius 2 is 2.04 bits per heavy atom. The van der Waals surface area contributed by atoms with Gasteiger partial charge in [-0.25, -0.2) is 0 Å². The molecule has 0 saturated heterocycles. The van der Waals surface area contributed by atoms with E-state index in [1.807, 2.05) is 36.4 Å². The summed E-state index contributed by atoms with van der Waals surface area (Å²) >= 11 is 6.24. The van der Waals surface area contributed by atoms with Crippen molar-refractivity contribution in [3.05, 3.63) is 57.6 Å². The highest BCUT2D eigenvalue weighted by Gasteiger charge is 2.13.